The molecule has 1 aromatic heterocycles. The first-order chi connectivity index (χ1) is 5.81. The van der Waals surface area contributed by atoms with Crippen molar-refractivity contribution in [1.29, 1.82) is 0 Å². The van der Waals surface area contributed by atoms with E-state index >= 15 is 0 Å². The van der Waals surface area contributed by atoms with Gasteiger partial charge in [-0.25, -0.2) is 4.98 Å². The number of hydrogen-bond donors (Lipinski definition) is 0. The molecule has 2 aromatic rings. The highest BCUT2D eigenvalue weighted by Gasteiger charge is 2.05. The molecule has 0 N–H and O–H groups in total. The predicted octanol–water partition coefficient (Wildman–Crippen LogP) is 2.86. The standard InChI is InChI=1S/C9H9NOS/c1-6-10-7-4-3-5-8(12-2)9(7)11-6/h3-5H,1-2H3. The summed E-state index contributed by atoms with van der Waals surface area (Å²) in [5, 5.41) is 0. The molecule has 0 spiro atoms. The number of nitrogens with zero attached hydrogens (tertiary/aromatic N) is 1. The van der Waals surface area contributed by atoms with Crippen LogP contribution in [0.25, 0.3) is 11.1 Å². The second-order valence-corrected chi connectivity index (χ2v) is 3.39. The normalized spacial score (nSPS) is 10.8. The summed E-state index contributed by atoms with van der Waals surface area (Å²) in [4.78, 5) is 5.39. The van der Waals surface area contributed by atoms with E-state index in [1.807, 2.05) is 31.4 Å². The monoisotopic (exact) mass is 179 g/mol. The van der Waals surface area contributed by atoms with E-state index in [1.54, 1.807) is 11.8 Å². The maximum Gasteiger partial charge on any atom is 0.192 e. The van der Waals surface area contributed by atoms with Crippen molar-refractivity contribution >= 4 is 22.9 Å². The van der Waals surface area contributed by atoms with Crippen LogP contribution >= 0.6 is 11.8 Å². The van der Waals surface area contributed by atoms with Crippen LogP contribution in [0, 0.1) is 6.92 Å². The first-order valence-corrected chi connectivity index (χ1v) is 4.94. The van der Waals surface area contributed by atoms with Gasteiger partial charge in [-0.05, 0) is 18.4 Å². The Morgan fingerprint density at radius 1 is 1.42 bits per heavy atom. The molecule has 0 amide bonds. The Bertz CT molecular complexity index is 408. The summed E-state index contributed by atoms with van der Waals surface area (Å²) in [5.74, 6) is 0.728. The van der Waals surface area contributed by atoms with Crippen molar-refractivity contribution < 1.29 is 4.42 Å². The van der Waals surface area contributed by atoms with Crippen LogP contribution in [0.2, 0.25) is 0 Å². The molecule has 1 heterocycles. The minimum atomic E-state index is 0.728. The van der Waals surface area contributed by atoms with Gasteiger partial charge in [0.1, 0.15) is 5.52 Å². The summed E-state index contributed by atoms with van der Waals surface area (Å²) in [7, 11) is 0. The molecule has 3 heteroatoms. The SMILES string of the molecule is CSc1cccc2nc(C)oc12. The quantitative estimate of drug-likeness (QED) is 0.629. The lowest BCUT2D eigenvalue weighted by atomic mass is 10.3. The fraction of sp³-hybridized carbons (Fsp3) is 0.222. The molecule has 0 saturated carbocycles. The van der Waals surface area contributed by atoms with Crippen molar-refractivity contribution in [2.75, 3.05) is 6.26 Å². The molecule has 12 heavy (non-hydrogen) atoms. The van der Waals surface area contributed by atoms with Gasteiger partial charge in [-0.15, -0.1) is 11.8 Å². The zero-order chi connectivity index (χ0) is 8.55. The molecule has 0 saturated heterocycles. The van der Waals surface area contributed by atoms with E-state index < -0.39 is 0 Å². The minimum absolute atomic E-state index is 0.728. The van der Waals surface area contributed by atoms with E-state index in [2.05, 4.69) is 4.98 Å². The van der Waals surface area contributed by atoms with E-state index in [-0.39, 0.29) is 0 Å². The van der Waals surface area contributed by atoms with Crippen molar-refractivity contribution in [3.05, 3.63) is 24.1 Å². The molecule has 0 atom stereocenters. The number of hydrogen-bond acceptors (Lipinski definition) is 3. The van der Waals surface area contributed by atoms with Gasteiger partial charge in [0, 0.05) is 6.92 Å². The van der Waals surface area contributed by atoms with Gasteiger partial charge in [-0.1, -0.05) is 6.07 Å². The van der Waals surface area contributed by atoms with Crippen LogP contribution in [0.5, 0.6) is 0 Å². The van der Waals surface area contributed by atoms with Crippen molar-refractivity contribution in [2.24, 2.45) is 0 Å². The smallest absolute Gasteiger partial charge is 0.192 e. The van der Waals surface area contributed by atoms with Crippen molar-refractivity contribution in [3.8, 4) is 0 Å². The van der Waals surface area contributed by atoms with Gasteiger partial charge in [0.25, 0.3) is 0 Å². The highest BCUT2D eigenvalue weighted by Crippen LogP contribution is 2.26. The number of para-hydroxylation sites is 1. The third-order valence-corrected chi connectivity index (χ3v) is 2.47. The largest absolute Gasteiger partial charge is 0.440 e. The molecular formula is C9H9NOS. The summed E-state index contributed by atoms with van der Waals surface area (Å²) >= 11 is 1.68. The van der Waals surface area contributed by atoms with Gasteiger partial charge < -0.3 is 4.42 Å². The number of aryl methyl sites for hydroxylation is 1. The average Bonchev–Trinajstić information content (AvgIpc) is 2.44. The summed E-state index contributed by atoms with van der Waals surface area (Å²) in [5.41, 5.74) is 1.85. The molecule has 1 aromatic carbocycles. The fourth-order valence-electron chi connectivity index (χ4n) is 1.20. The van der Waals surface area contributed by atoms with E-state index in [0.29, 0.717) is 0 Å². The number of oxazole rings is 1. The van der Waals surface area contributed by atoms with Crippen LogP contribution < -0.4 is 0 Å². The zero-order valence-electron chi connectivity index (χ0n) is 7.00. The number of aromatic nitrogens is 1. The lowest BCUT2D eigenvalue weighted by Crippen LogP contribution is -1.71. The molecule has 0 fully saturated rings. The molecule has 2 nitrogen and oxygen atoms in total. The third kappa shape index (κ3) is 1.10. The molecule has 0 bridgehead atoms. The highest BCUT2D eigenvalue weighted by atomic mass is 32.2. The van der Waals surface area contributed by atoms with Crippen molar-refractivity contribution in [3.63, 3.8) is 0 Å². The lowest BCUT2D eigenvalue weighted by molar-refractivity contribution is 0.555. The topological polar surface area (TPSA) is 26.0 Å². The first-order valence-electron chi connectivity index (χ1n) is 3.71. The van der Waals surface area contributed by atoms with E-state index in [1.165, 1.54) is 0 Å². The lowest BCUT2D eigenvalue weighted by Gasteiger charge is -1.93. The van der Waals surface area contributed by atoms with Gasteiger partial charge in [0.2, 0.25) is 0 Å². The Balaban J connectivity index is 2.78. The number of rotatable bonds is 1. The fourth-order valence-corrected chi connectivity index (χ4v) is 1.74. The van der Waals surface area contributed by atoms with Crippen LogP contribution in [0.3, 0.4) is 0 Å². The highest BCUT2D eigenvalue weighted by molar-refractivity contribution is 7.98. The van der Waals surface area contributed by atoms with Gasteiger partial charge in [-0.2, -0.15) is 0 Å². The van der Waals surface area contributed by atoms with Gasteiger partial charge in [-0.3, -0.25) is 0 Å². The number of benzene rings is 1. The molecule has 0 aliphatic rings. The van der Waals surface area contributed by atoms with E-state index in [4.69, 9.17) is 4.42 Å². The Kier molecular flexibility index (Phi) is 1.81. The Hall–Kier alpha value is -0.960. The van der Waals surface area contributed by atoms with Crippen LogP contribution in [0.15, 0.2) is 27.5 Å². The first kappa shape index (κ1) is 7.68. The molecule has 0 unspecified atom stereocenters. The van der Waals surface area contributed by atoms with Crippen molar-refractivity contribution in [1.82, 2.24) is 4.98 Å². The van der Waals surface area contributed by atoms with E-state index in [9.17, 15) is 0 Å². The maximum atomic E-state index is 5.46. The Morgan fingerprint density at radius 3 is 3.00 bits per heavy atom. The van der Waals surface area contributed by atoms with Crippen LogP contribution in [-0.2, 0) is 0 Å². The van der Waals surface area contributed by atoms with Gasteiger partial charge in [0.05, 0.1) is 4.90 Å². The van der Waals surface area contributed by atoms with Crippen LogP contribution in [-0.4, -0.2) is 11.2 Å². The summed E-state index contributed by atoms with van der Waals surface area (Å²) in [6.07, 6.45) is 2.03. The Morgan fingerprint density at radius 2 is 2.25 bits per heavy atom. The molecular weight excluding hydrogens is 170 g/mol. The average molecular weight is 179 g/mol. The molecule has 0 aliphatic heterocycles. The second kappa shape index (κ2) is 2.83. The van der Waals surface area contributed by atoms with Crippen molar-refractivity contribution in [2.45, 2.75) is 11.8 Å². The molecule has 62 valence electrons. The van der Waals surface area contributed by atoms with E-state index in [0.717, 1.165) is 21.9 Å². The summed E-state index contributed by atoms with van der Waals surface area (Å²) in [6, 6.07) is 6.00. The van der Waals surface area contributed by atoms with Crippen LogP contribution in [0.4, 0.5) is 0 Å². The maximum absolute atomic E-state index is 5.46. The van der Waals surface area contributed by atoms with Gasteiger partial charge >= 0.3 is 0 Å². The van der Waals surface area contributed by atoms with Crippen LogP contribution in [0.1, 0.15) is 5.89 Å². The second-order valence-electron chi connectivity index (χ2n) is 2.54. The summed E-state index contributed by atoms with van der Waals surface area (Å²) < 4.78 is 5.46. The minimum Gasteiger partial charge on any atom is -0.440 e. The predicted molar refractivity (Wildman–Crippen MR) is 50.5 cm³/mol. The third-order valence-electron chi connectivity index (χ3n) is 1.71. The summed E-state index contributed by atoms with van der Waals surface area (Å²) in [6.45, 7) is 1.87. The molecule has 0 aliphatic carbocycles. The van der Waals surface area contributed by atoms with Gasteiger partial charge in [0.15, 0.2) is 11.5 Å². The molecule has 0 radical (unpaired) electrons. The zero-order valence-corrected chi connectivity index (χ0v) is 7.81. The Labute approximate surface area is 75.0 Å². The number of thioether (sulfide) groups is 1. The number of fused-ring (bicyclic) bond motifs is 1. The molecule has 2 rings (SSSR count).